The maximum Gasteiger partial charge on any atom is 0.133 e. The zero-order valence-corrected chi connectivity index (χ0v) is 11.8. The zero-order valence-electron chi connectivity index (χ0n) is 11.8. The molecular weight excluding hydrogens is 220 g/mol. The lowest BCUT2D eigenvalue weighted by atomic mass is 9.84. The van der Waals surface area contributed by atoms with Gasteiger partial charge in [0.05, 0.1) is 0 Å². The van der Waals surface area contributed by atoms with E-state index in [4.69, 9.17) is 0 Å². The van der Waals surface area contributed by atoms with Gasteiger partial charge in [-0.05, 0) is 35.3 Å². The minimum atomic E-state index is 0.206. The van der Waals surface area contributed by atoms with Crippen LogP contribution in [-0.4, -0.2) is 5.78 Å². The Morgan fingerprint density at radius 3 is 2.33 bits per heavy atom. The second-order valence-electron chi connectivity index (χ2n) is 6.56. The largest absolute Gasteiger partial charge is 0.300 e. The van der Waals surface area contributed by atoms with E-state index < -0.39 is 0 Å². The molecule has 1 aromatic rings. The van der Waals surface area contributed by atoms with Crippen LogP contribution in [0, 0.1) is 0 Å². The quantitative estimate of drug-likeness (QED) is 0.660. The number of carbonyl (C=O) groups is 1. The molecule has 0 spiro atoms. The number of hydrogen-bond acceptors (Lipinski definition) is 1. The Kier molecular flexibility index (Phi) is 3.89. The molecule has 0 radical (unpaired) electrons. The van der Waals surface area contributed by atoms with Crippen LogP contribution < -0.4 is 0 Å². The van der Waals surface area contributed by atoms with Crippen molar-refractivity contribution in [1.82, 2.24) is 0 Å². The second-order valence-corrected chi connectivity index (χ2v) is 6.56. The molecule has 2 rings (SSSR count). The van der Waals surface area contributed by atoms with Crippen LogP contribution in [-0.2, 0) is 10.2 Å². The molecule has 0 aromatic heterocycles. The molecule has 1 aliphatic rings. The molecule has 0 N–H and O–H groups in total. The molecule has 1 aromatic carbocycles. The topological polar surface area (TPSA) is 17.1 Å². The van der Waals surface area contributed by atoms with Gasteiger partial charge in [-0.2, -0.15) is 0 Å². The van der Waals surface area contributed by atoms with Crippen LogP contribution >= 0.6 is 0 Å². The van der Waals surface area contributed by atoms with Gasteiger partial charge < -0.3 is 0 Å². The molecule has 0 heterocycles. The average Bonchev–Trinajstić information content (AvgIpc) is 2.53. The van der Waals surface area contributed by atoms with Gasteiger partial charge in [-0.1, -0.05) is 51.5 Å². The summed E-state index contributed by atoms with van der Waals surface area (Å²) in [6, 6.07) is 8.91. The summed E-state index contributed by atoms with van der Waals surface area (Å²) in [7, 11) is 0. The standard InChI is InChI=1S/C17H24O/c1-17(2,3)15-10-8-13(9-11-15)14-6-4-5-7-16(18)12-14/h8-11,14H,4-7,12H2,1-3H3/t14-/m0/s1. The fraction of sp³-hybridized carbons (Fsp3) is 0.588. The van der Waals surface area contributed by atoms with E-state index in [0.717, 1.165) is 19.3 Å². The Labute approximate surface area is 111 Å². The summed E-state index contributed by atoms with van der Waals surface area (Å²) in [4.78, 5) is 11.7. The van der Waals surface area contributed by atoms with Gasteiger partial charge in [0.1, 0.15) is 5.78 Å². The van der Waals surface area contributed by atoms with Gasteiger partial charge in [0.25, 0.3) is 0 Å². The third-order valence-corrected chi connectivity index (χ3v) is 3.98. The molecule has 1 saturated carbocycles. The molecule has 1 fully saturated rings. The summed E-state index contributed by atoms with van der Waals surface area (Å²) < 4.78 is 0. The van der Waals surface area contributed by atoms with Crippen LogP contribution in [0.25, 0.3) is 0 Å². The third-order valence-electron chi connectivity index (χ3n) is 3.98. The van der Waals surface area contributed by atoms with E-state index in [0.29, 0.717) is 11.7 Å². The van der Waals surface area contributed by atoms with E-state index >= 15 is 0 Å². The molecule has 98 valence electrons. The predicted octanol–water partition coefficient (Wildman–Crippen LogP) is 4.60. The summed E-state index contributed by atoms with van der Waals surface area (Å²) in [6.07, 6.45) is 4.97. The SMILES string of the molecule is CC(C)(C)c1ccc([C@H]2CCCCC(=O)C2)cc1. The fourth-order valence-corrected chi connectivity index (χ4v) is 2.73. The van der Waals surface area contributed by atoms with Gasteiger partial charge in [0.2, 0.25) is 0 Å². The van der Waals surface area contributed by atoms with E-state index in [-0.39, 0.29) is 5.41 Å². The number of benzene rings is 1. The highest BCUT2D eigenvalue weighted by Gasteiger charge is 2.20. The lowest BCUT2D eigenvalue weighted by molar-refractivity contribution is -0.119. The van der Waals surface area contributed by atoms with Crippen molar-refractivity contribution in [2.45, 2.75) is 64.2 Å². The van der Waals surface area contributed by atoms with Gasteiger partial charge in [-0.25, -0.2) is 0 Å². The Balaban J connectivity index is 2.16. The number of carbonyl (C=O) groups excluding carboxylic acids is 1. The lowest BCUT2D eigenvalue weighted by Gasteiger charge is -2.21. The molecule has 1 atom stereocenters. The number of Topliss-reactive ketones (excluding diaryl/α,β-unsaturated/α-hetero) is 1. The van der Waals surface area contributed by atoms with Crippen LogP contribution in [0.5, 0.6) is 0 Å². The lowest BCUT2D eigenvalue weighted by Crippen LogP contribution is -2.11. The average molecular weight is 244 g/mol. The van der Waals surface area contributed by atoms with E-state index in [1.165, 1.54) is 24.0 Å². The smallest absolute Gasteiger partial charge is 0.133 e. The molecular formula is C17H24O. The Bertz CT molecular complexity index is 408. The van der Waals surface area contributed by atoms with E-state index in [1.807, 2.05) is 0 Å². The predicted molar refractivity (Wildman–Crippen MR) is 76.0 cm³/mol. The normalized spacial score (nSPS) is 21.7. The monoisotopic (exact) mass is 244 g/mol. The summed E-state index contributed by atoms with van der Waals surface area (Å²) in [5, 5.41) is 0. The highest BCUT2D eigenvalue weighted by atomic mass is 16.1. The number of ketones is 1. The van der Waals surface area contributed by atoms with Gasteiger partial charge in [0, 0.05) is 12.8 Å². The van der Waals surface area contributed by atoms with Gasteiger partial charge >= 0.3 is 0 Å². The third kappa shape index (κ3) is 3.22. The van der Waals surface area contributed by atoms with Crippen molar-refractivity contribution in [3.05, 3.63) is 35.4 Å². The molecule has 0 saturated heterocycles. The van der Waals surface area contributed by atoms with Gasteiger partial charge in [-0.3, -0.25) is 4.79 Å². The van der Waals surface area contributed by atoms with E-state index in [1.54, 1.807) is 0 Å². The maximum atomic E-state index is 11.7. The first-order valence-corrected chi connectivity index (χ1v) is 7.09. The van der Waals surface area contributed by atoms with Crippen molar-refractivity contribution >= 4 is 5.78 Å². The first kappa shape index (κ1) is 13.3. The summed E-state index contributed by atoms with van der Waals surface area (Å²) in [5.41, 5.74) is 2.92. The first-order chi connectivity index (χ1) is 8.47. The summed E-state index contributed by atoms with van der Waals surface area (Å²) >= 11 is 0. The highest BCUT2D eigenvalue weighted by molar-refractivity contribution is 5.79. The first-order valence-electron chi connectivity index (χ1n) is 7.09. The molecule has 1 heteroatoms. The zero-order chi connectivity index (χ0) is 13.2. The minimum Gasteiger partial charge on any atom is -0.300 e. The Morgan fingerprint density at radius 2 is 1.72 bits per heavy atom. The fourth-order valence-electron chi connectivity index (χ4n) is 2.73. The van der Waals surface area contributed by atoms with Crippen molar-refractivity contribution in [1.29, 1.82) is 0 Å². The molecule has 1 nitrogen and oxygen atoms in total. The van der Waals surface area contributed by atoms with Crippen LogP contribution in [0.4, 0.5) is 0 Å². The van der Waals surface area contributed by atoms with Crippen molar-refractivity contribution < 1.29 is 4.79 Å². The van der Waals surface area contributed by atoms with Crippen LogP contribution in [0.3, 0.4) is 0 Å². The molecule has 18 heavy (non-hydrogen) atoms. The molecule has 0 amide bonds. The van der Waals surface area contributed by atoms with Crippen LogP contribution in [0.2, 0.25) is 0 Å². The van der Waals surface area contributed by atoms with Crippen LogP contribution in [0.1, 0.15) is 69.9 Å². The second kappa shape index (κ2) is 5.26. The van der Waals surface area contributed by atoms with E-state index in [2.05, 4.69) is 45.0 Å². The van der Waals surface area contributed by atoms with Crippen molar-refractivity contribution in [3.63, 3.8) is 0 Å². The van der Waals surface area contributed by atoms with Gasteiger partial charge in [0.15, 0.2) is 0 Å². The summed E-state index contributed by atoms with van der Waals surface area (Å²) in [6.45, 7) is 6.70. The highest BCUT2D eigenvalue weighted by Crippen LogP contribution is 2.31. The van der Waals surface area contributed by atoms with Gasteiger partial charge in [-0.15, -0.1) is 0 Å². The Hall–Kier alpha value is -1.11. The van der Waals surface area contributed by atoms with E-state index in [9.17, 15) is 4.79 Å². The summed E-state index contributed by atoms with van der Waals surface area (Å²) in [5.74, 6) is 0.895. The number of rotatable bonds is 1. The van der Waals surface area contributed by atoms with Crippen molar-refractivity contribution in [2.24, 2.45) is 0 Å². The molecule has 0 unspecified atom stereocenters. The van der Waals surface area contributed by atoms with Crippen molar-refractivity contribution in [2.75, 3.05) is 0 Å². The molecule has 1 aliphatic carbocycles. The molecule has 0 aliphatic heterocycles. The van der Waals surface area contributed by atoms with Crippen molar-refractivity contribution in [3.8, 4) is 0 Å². The Morgan fingerprint density at radius 1 is 1.06 bits per heavy atom. The van der Waals surface area contributed by atoms with Crippen LogP contribution in [0.15, 0.2) is 24.3 Å². The minimum absolute atomic E-state index is 0.206. The molecule has 0 bridgehead atoms. The number of hydrogen-bond donors (Lipinski definition) is 0. The maximum absolute atomic E-state index is 11.7.